The number of hydrogen-bond acceptors (Lipinski definition) is 4. The van der Waals surface area contributed by atoms with Gasteiger partial charge in [-0.2, -0.15) is 4.31 Å². The molecule has 0 bridgehead atoms. The van der Waals surface area contributed by atoms with Crippen LogP contribution < -0.4 is 5.32 Å². The molecular formula is C9H16N2O5S. The van der Waals surface area contributed by atoms with E-state index in [0.717, 1.165) is 0 Å². The summed E-state index contributed by atoms with van der Waals surface area (Å²) in [5.41, 5.74) is 0. The summed E-state index contributed by atoms with van der Waals surface area (Å²) in [6, 6.07) is -0.174. The van der Waals surface area contributed by atoms with Gasteiger partial charge in [0, 0.05) is 26.1 Å². The smallest absolute Gasteiger partial charge is 0.304 e. The first-order valence-electron chi connectivity index (χ1n) is 5.28. The van der Waals surface area contributed by atoms with Gasteiger partial charge in [0.1, 0.15) is 0 Å². The second kappa shape index (κ2) is 5.46. The molecule has 1 heterocycles. The number of aliphatic carboxylic acids is 1. The molecule has 1 amide bonds. The highest BCUT2D eigenvalue weighted by Gasteiger charge is 2.31. The van der Waals surface area contributed by atoms with E-state index in [1.165, 1.54) is 11.2 Å². The van der Waals surface area contributed by atoms with E-state index in [-0.39, 0.29) is 18.5 Å². The Morgan fingerprint density at radius 1 is 1.47 bits per heavy atom. The van der Waals surface area contributed by atoms with Gasteiger partial charge in [-0.05, 0) is 6.42 Å². The van der Waals surface area contributed by atoms with Gasteiger partial charge >= 0.3 is 5.97 Å². The zero-order valence-electron chi connectivity index (χ0n) is 9.55. The summed E-state index contributed by atoms with van der Waals surface area (Å²) >= 11 is 0. The SMILES string of the molecule is CC(=O)NC1CCN(S(=O)(=O)CCC(=O)O)C1. The molecule has 0 saturated carbocycles. The van der Waals surface area contributed by atoms with Crippen molar-refractivity contribution in [1.82, 2.24) is 9.62 Å². The maximum absolute atomic E-state index is 11.7. The molecular weight excluding hydrogens is 248 g/mol. The van der Waals surface area contributed by atoms with Crippen LogP contribution in [0.1, 0.15) is 19.8 Å². The first-order valence-corrected chi connectivity index (χ1v) is 6.89. The van der Waals surface area contributed by atoms with E-state index in [9.17, 15) is 18.0 Å². The molecule has 0 aromatic rings. The summed E-state index contributed by atoms with van der Waals surface area (Å²) in [6.07, 6.45) is 0.162. The topological polar surface area (TPSA) is 104 Å². The normalized spacial score (nSPS) is 21.4. The number of carbonyl (C=O) groups is 2. The van der Waals surface area contributed by atoms with E-state index in [2.05, 4.69) is 5.32 Å². The molecule has 0 aromatic heterocycles. The van der Waals surface area contributed by atoms with Gasteiger partial charge in [0.15, 0.2) is 0 Å². The van der Waals surface area contributed by atoms with Crippen molar-refractivity contribution < 1.29 is 23.1 Å². The van der Waals surface area contributed by atoms with Crippen LogP contribution in [0.3, 0.4) is 0 Å². The van der Waals surface area contributed by atoms with E-state index in [4.69, 9.17) is 5.11 Å². The van der Waals surface area contributed by atoms with Crippen LogP contribution in [0.4, 0.5) is 0 Å². The Hall–Kier alpha value is -1.15. The fourth-order valence-electron chi connectivity index (χ4n) is 1.73. The van der Waals surface area contributed by atoms with Crippen molar-refractivity contribution in [1.29, 1.82) is 0 Å². The van der Waals surface area contributed by atoms with Crippen LogP contribution >= 0.6 is 0 Å². The van der Waals surface area contributed by atoms with Crippen LogP contribution in [0, 0.1) is 0 Å². The highest BCUT2D eigenvalue weighted by Crippen LogP contribution is 2.14. The fraction of sp³-hybridized carbons (Fsp3) is 0.778. The second-order valence-electron chi connectivity index (χ2n) is 4.00. The third kappa shape index (κ3) is 4.31. The maximum Gasteiger partial charge on any atom is 0.304 e. The van der Waals surface area contributed by atoms with Crippen molar-refractivity contribution in [3.05, 3.63) is 0 Å². The molecule has 1 saturated heterocycles. The standard InChI is InChI=1S/C9H16N2O5S/c1-7(12)10-8-2-4-11(6-8)17(15,16)5-3-9(13)14/h8H,2-6H2,1H3,(H,10,12)(H,13,14). The van der Waals surface area contributed by atoms with Gasteiger partial charge in [-0.25, -0.2) is 8.42 Å². The Morgan fingerprint density at radius 2 is 2.12 bits per heavy atom. The zero-order chi connectivity index (χ0) is 13.1. The number of sulfonamides is 1. The molecule has 0 aliphatic carbocycles. The monoisotopic (exact) mass is 264 g/mol. The van der Waals surface area contributed by atoms with Gasteiger partial charge in [0.2, 0.25) is 15.9 Å². The van der Waals surface area contributed by atoms with Gasteiger partial charge < -0.3 is 10.4 Å². The predicted octanol–water partition coefficient (Wildman–Crippen LogP) is -0.999. The molecule has 17 heavy (non-hydrogen) atoms. The Labute approximate surface area is 99.8 Å². The zero-order valence-corrected chi connectivity index (χ0v) is 10.4. The summed E-state index contributed by atoms with van der Waals surface area (Å²) in [6.45, 7) is 1.93. The summed E-state index contributed by atoms with van der Waals surface area (Å²) in [5, 5.41) is 11.1. The fourth-order valence-corrected chi connectivity index (χ4v) is 3.21. The van der Waals surface area contributed by atoms with E-state index in [1.807, 2.05) is 0 Å². The maximum atomic E-state index is 11.7. The van der Waals surface area contributed by atoms with Crippen molar-refractivity contribution in [2.24, 2.45) is 0 Å². The number of hydrogen-bond donors (Lipinski definition) is 2. The Balaban J connectivity index is 2.52. The highest BCUT2D eigenvalue weighted by molar-refractivity contribution is 7.89. The average Bonchev–Trinajstić information content (AvgIpc) is 2.63. The van der Waals surface area contributed by atoms with Crippen LogP contribution in [0.5, 0.6) is 0 Å². The van der Waals surface area contributed by atoms with Gasteiger partial charge in [-0.15, -0.1) is 0 Å². The molecule has 2 N–H and O–H groups in total. The van der Waals surface area contributed by atoms with Crippen molar-refractivity contribution in [2.75, 3.05) is 18.8 Å². The van der Waals surface area contributed by atoms with Crippen LogP contribution in [0.25, 0.3) is 0 Å². The van der Waals surface area contributed by atoms with Gasteiger partial charge in [-0.1, -0.05) is 0 Å². The van der Waals surface area contributed by atoms with Crippen LogP contribution in [-0.4, -0.2) is 54.6 Å². The molecule has 0 aromatic carbocycles. The number of carboxylic acid groups (broad SMARTS) is 1. The Bertz CT molecular complexity index is 406. The second-order valence-corrected chi connectivity index (χ2v) is 6.09. The average molecular weight is 264 g/mol. The molecule has 1 atom stereocenters. The Kier molecular flexibility index (Phi) is 4.47. The van der Waals surface area contributed by atoms with E-state index >= 15 is 0 Å². The highest BCUT2D eigenvalue weighted by atomic mass is 32.2. The van der Waals surface area contributed by atoms with E-state index in [1.54, 1.807) is 0 Å². The minimum absolute atomic E-state index is 0.174. The van der Waals surface area contributed by atoms with Gasteiger partial charge in [-0.3, -0.25) is 9.59 Å². The third-order valence-corrected chi connectivity index (χ3v) is 4.36. The molecule has 1 fully saturated rings. The number of nitrogens with one attached hydrogen (secondary N) is 1. The minimum atomic E-state index is -3.52. The summed E-state index contributed by atoms with van der Waals surface area (Å²) in [5.74, 6) is -1.72. The largest absolute Gasteiger partial charge is 0.481 e. The number of carbonyl (C=O) groups excluding carboxylic acids is 1. The lowest BCUT2D eigenvalue weighted by Gasteiger charge is -2.16. The lowest BCUT2D eigenvalue weighted by Crippen LogP contribution is -2.38. The molecule has 0 radical (unpaired) electrons. The molecule has 0 spiro atoms. The number of carboxylic acids is 1. The lowest BCUT2D eigenvalue weighted by molar-refractivity contribution is -0.136. The Morgan fingerprint density at radius 3 is 2.65 bits per heavy atom. The van der Waals surface area contributed by atoms with Crippen molar-refractivity contribution in [2.45, 2.75) is 25.8 Å². The minimum Gasteiger partial charge on any atom is -0.481 e. The number of nitrogens with zero attached hydrogens (tertiary/aromatic N) is 1. The van der Waals surface area contributed by atoms with Crippen LogP contribution in [0.15, 0.2) is 0 Å². The molecule has 1 aliphatic rings. The molecule has 1 aliphatic heterocycles. The number of rotatable bonds is 5. The summed E-state index contributed by atoms with van der Waals surface area (Å²) in [4.78, 5) is 21.1. The van der Waals surface area contributed by atoms with E-state index < -0.39 is 28.2 Å². The number of amides is 1. The van der Waals surface area contributed by atoms with Crippen molar-refractivity contribution >= 4 is 21.9 Å². The third-order valence-electron chi connectivity index (χ3n) is 2.53. The van der Waals surface area contributed by atoms with E-state index in [0.29, 0.717) is 13.0 Å². The molecule has 1 unspecified atom stereocenters. The molecule has 98 valence electrons. The van der Waals surface area contributed by atoms with Gasteiger partial charge in [0.25, 0.3) is 0 Å². The first-order chi connectivity index (χ1) is 7.81. The van der Waals surface area contributed by atoms with Crippen LogP contribution in [0.2, 0.25) is 0 Å². The summed E-state index contributed by atoms with van der Waals surface area (Å²) in [7, 11) is -3.52. The van der Waals surface area contributed by atoms with Gasteiger partial charge in [0.05, 0.1) is 12.2 Å². The summed E-state index contributed by atoms with van der Waals surface area (Å²) < 4.78 is 24.7. The predicted molar refractivity (Wildman–Crippen MR) is 59.8 cm³/mol. The molecule has 8 heteroatoms. The van der Waals surface area contributed by atoms with Crippen LogP contribution in [-0.2, 0) is 19.6 Å². The first kappa shape index (κ1) is 13.9. The van der Waals surface area contributed by atoms with Crippen molar-refractivity contribution in [3.8, 4) is 0 Å². The van der Waals surface area contributed by atoms with Crippen molar-refractivity contribution in [3.63, 3.8) is 0 Å². The lowest BCUT2D eigenvalue weighted by atomic mass is 10.3. The molecule has 1 rings (SSSR count). The quantitative estimate of drug-likeness (QED) is 0.663. The molecule has 7 nitrogen and oxygen atoms in total.